The molecule has 0 bridgehead atoms. The van der Waals surface area contributed by atoms with E-state index in [9.17, 15) is 4.79 Å². The highest BCUT2D eigenvalue weighted by atomic mass is 79.9. The zero-order valence-electron chi connectivity index (χ0n) is 12.4. The van der Waals surface area contributed by atoms with E-state index in [1.807, 2.05) is 18.2 Å². The van der Waals surface area contributed by atoms with Crippen molar-refractivity contribution in [1.82, 2.24) is 10.3 Å². The smallest absolute Gasteiger partial charge is 0.252 e. The van der Waals surface area contributed by atoms with Gasteiger partial charge in [-0.2, -0.15) is 0 Å². The van der Waals surface area contributed by atoms with Gasteiger partial charge in [-0.25, -0.2) is 0 Å². The predicted octanol–water partition coefficient (Wildman–Crippen LogP) is 2.83. The van der Waals surface area contributed by atoms with Gasteiger partial charge in [0.05, 0.1) is 19.8 Å². The SMILES string of the molecule is COc1ccc(CCNC(=O)c2cncc(Br)c2)cc1OC. The molecular formula is C16H17BrN2O3. The van der Waals surface area contributed by atoms with Gasteiger partial charge in [0.15, 0.2) is 11.5 Å². The van der Waals surface area contributed by atoms with Crippen LogP contribution in [0.4, 0.5) is 0 Å². The van der Waals surface area contributed by atoms with Gasteiger partial charge in [0.2, 0.25) is 0 Å². The van der Waals surface area contributed by atoms with Gasteiger partial charge in [0, 0.05) is 23.4 Å². The van der Waals surface area contributed by atoms with E-state index in [1.54, 1.807) is 26.5 Å². The topological polar surface area (TPSA) is 60.5 Å². The number of ether oxygens (including phenoxy) is 2. The standard InChI is InChI=1S/C16H17BrN2O3/c1-21-14-4-3-11(7-15(14)22-2)5-6-19-16(20)12-8-13(17)10-18-9-12/h3-4,7-10H,5-6H2,1-2H3,(H,19,20). The number of carbonyl (C=O) groups is 1. The highest BCUT2D eigenvalue weighted by Gasteiger charge is 2.07. The van der Waals surface area contributed by atoms with Crippen molar-refractivity contribution in [2.75, 3.05) is 20.8 Å². The summed E-state index contributed by atoms with van der Waals surface area (Å²) in [6.07, 6.45) is 3.88. The molecule has 1 aromatic heterocycles. The van der Waals surface area contributed by atoms with Crippen LogP contribution in [0.15, 0.2) is 41.1 Å². The van der Waals surface area contributed by atoms with Gasteiger partial charge in [-0.05, 0) is 46.1 Å². The zero-order valence-corrected chi connectivity index (χ0v) is 14.0. The van der Waals surface area contributed by atoms with Crippen LogP contribution < -0.4 is 14.8 Å². The minimum Gasteiger partial charge on any atom is -0.493 e. The lowest BCUT2D eigenvalue weighted by Gasteiger charge is -2.10. The number of hydrogen-bond donors (Lipinski definition) is 1. The van der Waals surface area contributed by atoms with E-state index >= 15 is 0 Å². The molecule has 0 aliphatic rings. The molecule has 22 heavy (non-hydrogen) atoms. The number of halogens is 1. The number of rotatable bonds is 6. The van der Waals surface area contributed by atoms with Crippen molar-refractivity contribution in [3.05, 3.63) is 52.3 Å². The quantitative estimate of drug-likeness (QED) is 0.855. The lowest BCUT2D eigenvalue weighted by molar-refractivity contribution is 0.0953. The molecule has 1 N–H and O–H groups in total. The second-order valence-corrected chi connectivity index (χ2v) is 5.50. The Morgan fingerprint density at radius 2 is 1.95 bits per heavy atom. The summed E-state index contributed by atoms with van der Waals surface area (Å²) in [7, 11) is 3.20. The first-order chi connectivity index (χ1) is 10.6. The first-order valence-electron chi connectivity index (χ1n) is 6.73. The van der Waals surface area contributed by atoms with Gasteiger partial charge in [0.25, 0.3) is 5.91 Å². The van der Waals surface area contributed by atoms with E-state index in [4.69, 9.17) is 9.47 Å². The van der Waals surface area contributed by atoms with Gasteiger partial charge in [0.1, 0.15) is 0 Å². The van der Waals surface area contributed by atoms with Gasteiger partial charge in [-0.1, -0.05) is 6.07 Å². The lowest BCUT2D eigenvalue weighted by Crippen LogP contribution is -2.25. The van der Waals surface area contributed by atoms with Crippen molar-refractivity contribution in [3.8, 4) is 11.5 Å². The summed E-state index contributed by atoms with van der Waals surface area (Å²) in [4.78, 5) is 16.0. The Balaban J connectivity index is 1.92. The number of methoxy groups -OCH3 is 2. The third kappa shape index (κ3) is 4.21. The van der Waals surface area contributed by atoms with Crippen LogP contribution in [0.25, 0.3) is 0 Å². The molecule has 0 atom stereocenters. The van der Waals surface area contributed by atoms with E-state index in [-0.39, 0.29) is 5.91 Å². The zero-order chi connectivity index (χ0) is 15.9. The van der Waals surface area contributed by atoms with Gasteiger partial charge < -0.3 is 14.8 Å². The Morgan fingerprint density at radius 1 is 1.18 bits per heavy atom. The van der Waals surface area contributed by atoms with Crippen molar-refractivity contribution in [1.29, 1.82) is 0 Å². The van der Waals surface area contributed by atoms with Crippen LogP contribution in [0.2, 0.25) is 0 Å². The molecule has 2 rings (SSSR count). The Kier molecular flexibility index (Phi) is 5.77. The van der Waals surface area contributed by atoms with Crippen LogP contribution in [0.3, 0.4) is 0 Å². The Hall–Kier alpha value is -2.08. The van der Waals surface area contributed by atoms with Crippen molar-refractivity contribution < 1.29 is 14.3 Å². The summed E-state index contributed by atoms with van der Waals surface area (Å²) >= 11 is 3.30. The molecule has 0 saturated carbocycles. The molecule has 2 aromatic rings. The summed E-state index contributed by atoms with van der Waals surface area (Å²) in [5.74, 6) is 1.23. The molecule has 0 unspecified atom stereocenters. The fourth-order valence-corrected chi connectivity index (χ4v) is 2.36. The molecule has 0 saturated heterocycles. The second-order valence-electron chi connectivity index (χ2n) is 4.59. The average molecular weight is 365 g/mol. The maximum Gasteiger partial charge on any atom is 0.252 e. The molecule has 0 fully saturated rings. The monoisotopic (exact) mass is 364 g/mol. The molecular weight excluding hydrogens is 348 g/mol. The van der Waals surface area contributed by atoms with E-state index in [0.29, 0.717) is 30.0 Å². The maximum absolute atomic E-state index is 12.0. The van der Waals surface area contributed by atoms with Gasteiger partial charge in [-0.3, -0.25) is 9.78 Å². The molecule has 0 radical (unpaired) electrons. The van der Waals surface area contributed by atoms with Crippen molar-refractivity contribution in [2.45, 2.75) is 6.42 Å². The number of benzene rings is 1. The summed E-state index contributed by atoms with van der Waals surface area (Å²) < 4.78 is 11.2. The number of amides is 1. The Bertz CT molecular complexity index is 662. The van der Waals surface area contributed by atoms with Gasteiger partial charge >= 0.3 is 0 Å². The minimum absolute atomic E-state index is 0.144. The molecule has 1 amide bonds. The van der Waals surface area contributed by atoms with Gasteiger partial charge in [-0.15, -0.1) is 0 Å². The van der Waals surface area contributed by atoms with Crippen LogP contribution in [0.1, 0.15) is 15.9 Å². The Labute approximate surface area is 137 Å². The number of nitrogens with zero attached hydrogens (tertiary/aromatic N) is 1. The van der Waals surface area contributed by atoms with Crippen molar-refractivity contribution >= 4 is 21.8 Å². The van der Waals surface area contributed by atoms with E-state index in [2.05, 4.69) is 26.2 Å². The van der Waals surface area contributed by atoms with Crippen LogP contribution in [0.5, 0.6) is 11.5 Å². The molecule has 6 heteroatoms. The molecule has 116 valence electrons. The number of pyridine rings is 1. The number of aromatic nitrogens is 1. The molecule has 1 heterocycles. The molecule has 0 aliphatic carbocycles. The fraction of sp³-hybridized carbons (Fsp3) is 0.250. The van der Waals surface area contributed by atoms with Crippen LogP contribution >= 0.6 is 15.9 Å². The van der Waals surface area contributed by atoms with E-state index in [0.717, 1.165) is 10.0 Å². The van der Waals surface area contributed by atoms with E-state index < -0.39 is 0 Å². The van der Waals surface area contributed by atoms with Crippen LogP contribution in [-0.2, 0) is 6.42 Å². The minimum atomic E-state index is -0.144. The third-order valence-corrected chi connectivity index (χ3v) is 3.55. The highest BCUT2D eigenvalue weighted by molar-refractivity contribution is 9.10. The summed E-state index contributed by atoms with van der Waals surface area (Å²) in [5.41, 5.74) is 1.59. The summed E-state index contributed by atoms with van der Waals surface area (Å²) in [5, 5.41) is 2.87. The second kappa shape index (κ2) is 7.79. The highest BCUT2D eigenvalue weighted by Crippen LogP contribution is 2.27. The number of carbonyl (C=O) groups excluding carboxylic acids is 1. The van der Waals surface area contributed by atoms with Crippen molar-refractivity contribution in [2.24, 2.45) is 0 Å². The summed E-state index contributed by atoms with van der Waals surface area (Å²) in [6, 6.07) is 7.45. The predicted molar refractivity (Wildman–Crippen MR) is 87.5 cm³/mol. The number of hydrogen-bond acceptors (Lipinski definition) is 4. The maximum atomic E-state index is 12.0. The average Bonchev–Trinajstić information content (AvgIpc) is 2.54. The molecule has 0 aliphatic heterocycles. The Morgan fingerprint density at radius 3 is 2.64 bits per heavy atom. The lowest BCUT2D eigenvalue weighted by atomic mass is 10.1. The number of nitrogens with one attached hydrogen (secondary N) is 1. The van der Waals surface area contributed by atoms with Crippen LogP contribution in [-0.4, -0.2) is 31.7 Å². The molecule has 0 spiro atoms. The van der Waals surface area contributed by atoms with Crippen molar-refractivity contribution in [3.63, 3.8) is 0 Å². The largest absolute Gasteiger partial charge is 0.493 e. The van der Waals surface area contributed by atoms with Crippen LogP contribution in [0, 0.1) is 0 Å². The normalized spacial score (nSPS) is 10.1. The first kappa shape index (κ1) is 16.3. The molecule has 5 nitrogen and oxygen atoms in total. The van der Waals surface area contributed by atoms with E-state index in [1.165, 1.54) is 6.20 Å². The third-order valence-electron chi connectivity index (χ3n) is 3.11. The molecule has 1 aromatic carbocycles. The fourth-order valence-electron chi connectivity index (χ4n) is 1.99. The summed E-state index contributed by atoms with van der Waals surface area (Å²) in [6.45, 7) is 0.529. The first-order valence-corrected chi connectivity index (χ1v) is 7.53.